The van der Waals surface area contributed by atoms with Crippen LogP contribution < -0.4 is 10.6 Å². The number of imide groups is 1. The minimum atomic E-state index is -2.38. The Morgan fingerprint density at radius 2 is 1.97 bits per heavy atom. The molecule has 3 atom stereocenters. The minimum absolute atomic E-state index is 0.198. The zero-order valence-electron chi connectivity index (χ0n) is 17.4. The molecule has 0 radical (unpaired) electrons. The number of urea groups is 1. The SMILES string of the molecule is O=C1NC(=O)C(CCCn2ccnc2)(C(N2CCC(c3ccc(F)cc3)CC2)S(=O)O)N1. The van der Waals surface area contributed by atoms with E-state index in [-0.39, 0.29) is 18.2 Å². The van der Waals surface area contributed by atoms with Crippen LogP contribution in [0, 0.1) is 5.82 Å². The van der Waals surface area contributed by atoms with Gasteiger partial charge in [0.05, 0.1) is 6.33 Å². The highest BCUT2D eigenvalue weighted by atomic mass is 32.2. The number of amides is 3. The lowest BCUT2D eigenvalue weighted by Crippen LogP contribution is -2.65. The number of piperidine rings is 1. The van der Waals surface area contributed by atoms with Crippen LogP contribution in [0.3, 0.4) is 0 Å². The molecule has 32 heavy (non-hydrogen) atoms. The normalized spacial score (nSPS) is 24.2. The lowest BCUT2D eigenvalue weighted by Gasteiger charge is -2.43. The first-order valence-corrected chi connectivity index (χ1v) is 11.7. The third-order valence-electron chi connectivity index (χ3n) is 6.33. The van der Waals surface area contributed by atoms with E-state index in [1.165, 1.54) is 12.1 Å². The van der Waals surface area contributed by atoms with Gasteiger partial charge >= 0.3 is 6.03 Å². The van der Waals surface area contributed by atoms with Crippen molar-refractivity contribution in [2.24, 2.45) is 0 Å². The highest BCUT2D eigenvalue weighted by Crippen LogP contribution is 2.34. The molecule has 2 saturated heterocycles. The average molecular weight is 464 g/mol. The van der Waals surface area contributed by atoms with Crippen LogP contribution in [-0.4, -0.2) is 59.2 Å². The van der Waals surface area contributed by atoms with E-state index in [1.807, 2.05) is 9.47 Å². The molecule has 4 rings (SSSR count). The van der Waals surface area contributed by atoms with Crippen molar-refractivity contribution in [2.75, 3.05) is 13.1 Å². The maximum atomic E-state index is 13.2. The Balaban J connectivity index is 1.50. The van der Waals surface area contributed by atoms with E-state index >= 15 is 0 Å². The third-order valence-corrected chi connectivity index (χ3v) is 7.41. The summed E-state index contributed by atoms with van der Waals surface area (Å²) in [5.74, 6) is -0.674. The van der Waals surface area contributed by atoms with Crippen molar-refractivity contribution in [3.05, 3.63) is 54.4 Å². The first kappa shape index (κ1) is 22.6. The Bertz CT molecular complexity index is 979. The van der Waals surface area contributed by atoms with E-state index in [0.29, 0.717) is 38.9 Å². The molecule has 2 aliphatic heterocycles. The standard InChI is InChI=1S/C21H26FN5O4S/c22-17-4-2-15(3-5-17)16-6-11-27(12-7-16)19(32(30)31)21(18(28)24-20(29)25-21)8-1-10-26-13-9-23-14-26/h2-5,9,13-14,16,19H,1,6-8,10-12H2,(H,30,31)(H2,24,25,28,29). The molecule has 1 aromatic carbocycles. The molecule has 1 aromatic heterocycles. The number of hydrogen-bond acceptors (Lipinski definition) is 5. The van der Waals surface area contributed by atoms with E-state index in [4.69, 9.17) is 0 Å². The van der Waals surface area contributed by atoms with E-state index < -0.39 is 33.9 Å². The van der Waals surface area contributed by atoms with Crippen molar-refractivity contribution in [3.8, 4) is 0 Å². The molecular formula is C21H26FN5O4S. The summed E-state index contributed by atoms with van der Waals surface area (Å²) in [6.45, 7) is 1.51. The Morgan fingerprint density at radius 1 is 1.25 bits per heavy atom. The number of nitrogens with one attached hydrogen (secondary N) is 2. The van der Waals surface area contributed by atoms with Crippen LogP contribution in [0.2, 0.25) is 0 Å². The highest BCUT2D eigenvalue weighted by Gasteiger charge is 2.56. The number of aromatic nitrogens is 2. The number of halogens is 1. The molecule has 172 valence electrons. The molecule has 3 heterocycles. The molecule has 0 aliphatic carbocycles. The molecule has 11 heteroatoms. The van der Waals surface area contributed by atoms with E-state index in [1.54, 1.807) is 30.9 Å². The van der Waals surface area contributed by atoms with Gasteiger partial charge in [-0.05, 0) is 49.3 Å². The van der Waals surface area contributed by atoms with Crippen molar-refractivity contribution in [2.45, 2.75) is 49.1 Å². The molecule has 3 unspecified atom stereocenters. The lowest BCUT2D eigenvalue weighted by atomic mass is 9.87. The van der Waals surface area contributed by atoms with Gasteiger partial charge in [0, 0.05) is 32.0 Å². The monoisotopic (exact) mass is 463 g/mol. The number of carbonyl (C=O) groups excluding carboxylic acids is 2. The molecule has 2 aromatic rings. The van der Waals surface area contributed by atoms with Crippen LogP contribution in [0.1, 0.15) is 37.2 Å². The Labute approximate surface area is 187 Å². The van der Waals surface area contributed by atoms with Gasteiger partial charge in [0.15, 0.2) is 16.6 Å². The number of benzene rings is 1. The zero-order chi connectivity index (χ0) is 22.7. The zero-order valence-corrected chi connectivity index (χ0v) is 18.3. The topological polar surface area (TPSA) is 117 Å². The van der Waals surface area contributed by atoms with Crippen LogP contribution >= 0.6 is 0 Å². The molecule has 3 N–H and O–H groups in total. The van der Waals surface area contributed by atoms with Crippen LogP contribution in [0.25, 0.3) is 0 Å². The van der Waals surface area contributed by atoms with E-state index in [9.17, 15) is 22.7 Å². The Hall–Kier alpha value is -2.63. The maximum Gasteiger partial charge on any atom is 0.322 e. The number of likely N-dealkylation sites (tertiary alicyclic amines) is 1. The maximum absolute atomic E-state index is 13.2. The van der Waals surface area contributed by atoms with Gasteiger partial charge in [-0.1, -0.05) is 12.1 Å². The fourth-order valence-corrected chi connectivity index (χ4v) is 5.85. The number of hydrogen-bond donors (Lipinski definition) is 3. The smallest absolute Gasteiger partial charge is 0.322 e. The summed E-state index contributed by atoms with van der Waals surface area (Å²) < 4.78 is 37.8. The average Bonchev–Trinajstić information content (AvgIpc) is 3.37. The van der Waals surface area contributed by atoms with Gasteiger partial charge < -0.3 is 14.4 Å². The third kappa shape index (κ3) is 4.59. The van der Waals surface area contributed by atoms with Gasteiger partial charge in [-0.2, -0.15) is 0 Å². The van der Waals surface area contributed by atoms with Crippen molar-refractivity contribution in [1.82, 2.24) is 25.1 Å². The predicted octanol–water partition coefficient (Wildman–Crippen LogP) is 1.81. The van der Waals surface area contributed by atoms with Crippen LogP contribution in [-0.2, 0) is 22.4 Å². The summed E-state index contributed by atoms with van der Waals surface area (Å²) in [5.41, 5.74) is -0.477. The predicted molar refractivity (Wildman–Crippen MR) is 115 cm³/mol. The number of imidazole rings is 1. The minimum Gasteiger partial charge on any atom is -0.337 e. The first-order chi connectivity index (χ1) is 15.4. The summed E-state index contributed by atoms with van der Waals surface area (Å²) in [7, 11) is 0. The molecule has 9 nitrogen and oxygen atoms in total. The van der Waals surface area contributed by atoms with Crippen molar-refractivity contribution >= 4 is 23.0 Å². The molecule has 0 bridgehead atoms. The van der Waals surface area contributed by atoms with Crippen molar-refractivity contribution in [3.63, 3.8) is 0 Å². The van der Waals surface area contributed by atoms with Gasteiger partial charge in [0.1, 0.15) is 11.2 Å². The largest absolute Gasteiger partial charge is 0.337 e. The molecule has 3 amide bonds. The van der Waals surface area contributed by atoms with Gasteiger partial charge in [0.2, 0.25) is 0 Å². The molecule has 2 aliphatic rings. The van der Waals surface area contributed by atoms with Crippen LogP contribution in [0.4, 0.5) is 9.18 Å². The summed E-state index contributed by atoms with van der Waals surface area (Å²) in [6.07, 6.45) is 7.20. The highest BCUT2D eigenvalue weighted by molar-refractivity contribution is 7.80. The van der Waals surface area contributed by atoms with Crippen molar-refractivity contribution in [1.29, 1.82) is 0 Å². The summed E-state index contributed by atoms with van der Waals surface area (Å²) in [5, 5.41) is 3.84. The lowest BCUT2D eigenvalue weighted by molar-refractivity contribution is -0.126. The first-order valence-electron chi connectivity index (χ1n) is 10.6. The van der Waals surface area contributed by atoms with Crippen LogP contribution in [0.5, 0.6) is 0 Å². The Morgan fingerprint density at radius 3 is 2.53 bits per heavy atom. The number of rotatable bonds is 8. The molecule has 2 fully saturated rings. The fraction of sp³-hybridized carbons (Fsp3) is 0.476. The molecular weight excluding hydrogens is 437 g/mol. The van der Waals surface area contributed by atoms with Crippen molar-refractivity contribution < 1.29 is 22.7 Å². The Kier molecular flexibility index (Phi) is 6.68. The number of nitrogens with zero attached hydrogens (tertiary/aromatic N) is 3. The second-order valence-electron chi connectivity index (χ2n) is 8.27. The summed E-state index contributed by atoms with van der Waals surface area (Å²) in [4.78, 5) is 30.7. The van der Waals surface area contributed by atoms with Gasteiger partial charge in [-0.3, -0.25) is 15.0 Å². The van der Waals surface area contributed by atoms with Crippen LogP contribution in [0.15, 0.2) is 43.0 Å². The van der Waals surface area contributed by atoms with E-state index in [2.05, 4.69) is 15.6 Å². The molecule has 0 spiro atoms. The molecule has 0 saturated carbocycles. The summed E-state index contributed by atoms with van der Waals surface area (Å²) >= 11 is -2.38. The number of aryl methyl sites for hydroxylation is 1. The fourth-order valence-electron chi connectivity index (χ4n) is 4.75. The van der Waals surface area contributed by atoms with Gasteiger partial charge in [-0.25, -0.2) is 18.4 Å². The second-order valence-corrected chi connectivity index (χ2v) is 9.27. The van der Waals surface area contributed by atoms with Gasteiger partial charge in [0.25, 0.3) is 5.91 Å². The second kappa shape index (κ2) is 9.47. The van der Waals surface area contributed by atoms with E-state index in [0.717, 1.165) is 5.56 Å². The number of carbonyl (C=O) groups is 2. The summed E-state index contributed by atoms with van der Waals surface area (Å²) in [6, 6.07) is 5.73. The quantitative estimate of drug-likeness (QED) is 0.406. The van der Waals surface area contributed by atoms with Gasteiger partial charge in [-0.15, -0.1) is 0 Å².